The van der Waals surface area contributed by atoms with Gasteiger partial charge in [0.2, 0.25) is 5.91 Å². The van der Waals surface area contributed by atoms with Crippen LogP contribution in [0.2, 0.25) is 10.0 Å². The van der Waals surface area contributed by atoms with Gasteiger partial charge >= 0.3 is 6.03 Å². The number of carbonyl (C=O) groups is 3. The van der Waals surface area contributed by atoms with Crippen LogP contribution in [0.1, 0.15) is 24.5 Å². The van der Waals surface area contributed by atoms with Gasteiger partial charge in [0, 0.05) is 27.8 Å². The fourth-order valence-electron chi connectivity index (χ4n) is 3.93. The first-order chi connectivity index (χ1) is 13.8. The molecule has 2 aliphatic heterocycles. The molecule has 8 heteroatoms. The molecule has 0 aliphatic carbocycles. The van der Waals surface area contributed by atoms with Crippen LogP contribution in [0.3, 0.4) is 0 Å². The van der Waals surface area contributed by atoms with E-state index in [1.807, 2.05) is 24.3 Å². The number of nitrogens with one attached hydrogen (secondary N) is 1. The summed E-state index contributed by atoms with van der Waals surface area (Å²) in [7, 11) is 0. The summed E-state index contributed by atoms with van der Waals surface area (Å²) < 4.78 is 0. The summed E-state index contributed by atoms with van der Waals surface area (Å²) in [6.45, 7) is 1.79. The molecule has 2 aliphatic rings. The molecular weight excluding hydrogens is 413 g/mol. The molecular formula is C21H19Cl2N3O3. The summed E-state index contributed by atoms with van der Waals surface area (Å²) in [5, 5.41) is 3.37. The Balaban J connectivity index is 1.58. The zero-order chi connectivity index (χ0) is 20.8. The SMILES string of the molecule is C[C@@]1(c2ccc(Cl)cc2Cl)NC(=O)N(CC(=O)N2CCCc3ccccc32)C1=O. The third-order valence-corrected chi connectivity index (χ3v) is 6.00. The molecule has 0 radical (unpaired) electrons. The Morgan fingerprint density at radius 1 is 1.17 bits per heavy atom. The van der Waals surface area contributed by atoms with Crippen LogP contribution in [0, 0.1) is 0 Å². The van der Waals surface area contributed by atoms with Crippen molar-refractivity contribution in [3.8, 4) is 0 Å². The number of amides is 4. The second kappa shape index (κ2) is 7.35. The normalized spacial score (nSPS) is 21.2. The molecule has 0 unspecified atom stereocenters. The largest absolute Gasteiger partial charge is 0.325 e. The van der Waals surface area contributed by atoms with Gasteiger partial charge in [0.15, 0.2) is 0 Å². The Kier molecular flexibility index (Phi) is 5.00. The number of rotatable bonds is 3. The van der Waals surface area contributed by atoms with E-state index in [0.717, 1.165) is 29.0 Å². The lowest BCUT2D eigenvalue weighted by molar-refractivity contribution is -0.134. The highest BCUT2D eigenvalue weighted by Gasteiger charge is 2.50. The Labute approximate surface area is 178 Å². The van der Waals surface area contributed by atoms with Gasteiger partial charge in [0.25, 0.3) is 5.91 Å². The van der Waals surface area contributed by atoms with Gasteiger partial charge in [-0.1, -0.05) is 47.5 Å². The first-order valence-electron chi connectivity index (χ1n) is 9.29. The number of hydrogen-bond acceptors (Lipinski definition) is 3. The molecule has 0 saturated carbocycles. The van der Waals surface area contributed by atoms with E-state index in [-0.39, 0.29) is 17.5 Å². The van der Waals surface area contributed by atoms with Gasteiger partial charge in [0.1, 0.15) is 12.1 Å². The second-order valence-electron chi connectivity index (χ2n) is 7.35. The van der Waals surface area contributed by atoms with Crippen molar-refractivity contribution < 1.29 is 14.4 Å². The number of para-hydroxylation sites is 1. The molecule has 0 aromatic heterocycles. The van der Waals surface area contributed by atoms with E-state index in [0.29, 0.717) is 17.1 Å². The summed E-state index contributed by atoms with van der Waals surface area (Å²) in [6.07, 6.45) is 1.73. The Bertz CT molecular complexity index is 1030. The van der Waals surface area contributed by atoms with Gasteiger partial charge < -0.3 is 10.2 Å². The number of fused-ring (bicyclic) bond motifs is 1. The molecule has 29 heavy (non-hydrogen) atoms. The number of aryl methyl sites for hydroxylation is 1. The van der Waals surface area contributed by atoms with Gasteiger partial charge in [-0.05, 0) is 43.5 Å². The average Bonchev–Trinajstić information content (AvgIpc) is 2.91. The lowest BCUT2D eigenvalue weighted by atomic mass is 9.92. The topological polar surface area (TPSA) is 69.7 Å². The molecule has 150 valence electrons. The molecule has 2 heterocycles. The molecule has 1 N–H and O–H groups in total. The van der Waals surface area contributed by atoms with Gasteiger partial charge in [-0.3, -0.25) is 14.5 Å². The minimum atomic E-state index is -1.36. The van der Waals surface area contributed by atoms with Crippen LogP contribution in [0.4, 0.5) is 10.5 Å². The van der Waals surface area contributed by atoms with Gasteiger partial charge in [-0.2, -0.15) is 0 Å². The number of carbonyl (C=O) groups excluding carboxylic acids is 3. The zero-order valence-corrected chi connectivity index (χ0v) is 17.3. The van der Waals surface area contributed by atoms with Crippen molar-refractivity contribution in [2.75, 3.05) is 18.0 Å². The maximum Gasteiger partial charge on any atom is 0.325 e. The fraction of sp³-hybridized carbons (Fsp3) is 0.286. The van der Waals surface area contributed by atoms with E-state index >= 15 is 0 Å². The predicted molar refractivity (Wildman–Crippen MR) is 111 cm³/mol. The summed E-state index contributed by atoms with van der Waals surface area (Å²) in [5.74, 6) is -0.822. The van der Waals surface area contributed by atoms with Crippen molar-refractivity contribution >= 4 is 46.7 Å². The molecule has 1 atom stereocenters. The number of benzene rings is 2. The molecule has 2 aromatic rings. The Hall–Kier alpha value is -2.57. The zero-order valence-electron chi connectivity index (χ0n) is 15.7. The molecule has 1 fully saturated rings. The average molecular weight is 432 g/mol. The number of urea groups is 1. The smallest absolute Gasteiger partial charge is 0.319 e. The minimum Gasteiger partial charge on any atom is -0.319 e. The van der Waals surface area contributed by atoms with Crippen LogP contribution in [0.15, 0.2) is 42.5 Å². The van der Waals surface area contributed by atoms with Crippen molar-refractivity contribution in [3.05, 3.63) is 63.6 Å². The standard InChI is InChI=1S/C21H19Cl2N3O3/c1-21(15-9-8-14(22)11-16(15)23)19(28)26(20(29)24-21)12-18(27)25-10-4-6-13-5-2-3-7-17(13)25/h2-3,5,7-9,11H,4,6,10,12H2,1H3,(H,24,29)/t21-/m0/s1. The molecule has 0 spiro atoms. The summed E-state index contributed by atoms with van der Waals surface area (Å²) in [6, 6.07) is 11.8. The highest BCUT2D eigenvalue weighted by molar-refractivity contribution is 6.35. The Morgan fingerprint density at radius 2 is 1.93 bits per heavy atom. The maximum atomic E-state index is 13.1. The molecule has 0 bridgehead atoms. The van der Waals surface area contributed by atoms with Crippen LogP contribution in [0.25, 0.3) is 0 Å². The predicted octanol–water partition coefficient (Wildman–Crippen LogP) is 3.74. The van der Waals surface area contributed by atoms with E-state index in [9.17, 15) is 14.4 Å². The number of halogens is 2. The third-order valence-electron chi connectivity index (χ3n) is 5.45. The van der Waals surface area contributed by atoms with Crippen LogP contribution in [0.5, 0.6) is 0 Å². The van der Waals surface area contributed by atoms with E-state index in [1.54, 1.807) is 24.0 Å². The fourth-order valence-corrected chi connectivity index (χ4v) is 4.53. The first kappa shape index (κ1) is 19.7. The van der Waals surface area contributed by atoms with Crippen LogP contribution in [-0.4, -0.2) is 35.8 Å². The van der Waals surface area contributed by atoms with Crippen LogP contribution >= 0.6 is 23.2 Å². The van der Waals surface area contributed by atoms with E-state index in [2.05, 4.69) is 5.32 Å². The minimum absolute atomic E-state index is 0.270. The third kappa shape index (κ3) is 3.36. The van der Waals surface area contributed by atoms with E-state index in [1.165, 1.54) is 6.07 Å². The lowest BCUT2D eigenvalue weighted by Crippen LogP contribution is -2.46. The van der Waals surface area contributed by atoms with Gasteiger partial charge in [0.05, 0.1) is 0 Å². The number of nitrogens with zero attached hydrogens (tertiary/aromatic N) is 2. The number of imide groups is 1. The first-order valence-corrected chi connectivity index (χ1v) is 10.0. The van der Waals surface area contributed by atoms with Crippen molar-refractivity contribution in [3.63, 3.8) is 0 Å². The molecule has 4 rings (SSSR count). The maximum absolute atomic E-state index is 13.1. The molecule has 1 saturated heterocycles. The summed E-state index contributed by atoms with van der Waals surface area (Å²) in [5.41, 5.74) is 0.986. The van der Waals surface area contributed by atoms with E-state index in [4.69, 9.17) is 23.2 Å². The highest BCUT2D eigenvalue weighted by atomic mass is 35.5. The second-order valence-corrected chi connectivity index (χ2v) is 8.19. The number of anilines is 1. The quantitative estimate of drug-likeness (QED) is 0.752. The molecule has 4 amide bonds. The highest BCUT2D eigenvalue weighted by Crippen LogP contribution is 2.35. The summed E-state index contributed by atoms with van der Waals surface area (Å²) >= 11 is 12.2. The van der Waals surface area contributed by atoms with Crippen molar-refractivity contribution in [1.82, 2.24) is 10.2 Å². The van der Waals surface area contributed by atoms with E-state index < -0.39 is 17.5 Å². The molecule has 6 nitrogen and oxygen atoms in total. The van der Waals surface area contributed by atoms with Crippen molar-refractivity contribution in [2.24, 2.45) is 0 Å². The van der Waals surface area contributed by atoms with Crippen molar-refractivity contribution in [1.29, 1.82) is 0 Å². The Morgan fingerprint density at radius 3 is 2.69 bits per heavy atom. The summed E-state index contributed by atoms with van der Waals surface area (Å²) in [4.78, 5) is 41.3. The lowest BCUT2D eigenvalue weighted by Gasteiger charge is -2.30. The van der Waals surface area contributed by atoms with Crippen LogP contribution < -0.4 is 10.2 Å². The monoisotopic (exact) mass is 431 g/mol. The number of hydrogen-bond donors (Lipinski definition) is 1. The molecule has 2 aromatic carbocycles. The van der Waals surface area contributed by atoms with Gasteiger partial charge in [-0.25, -0.2) is 4.79 Å². The van der Waals surface area contributed by atoms with Crippen LogP contribution in [-0.2, 0) is 21.5 Å². The van der Waals surface area contributed by atoms with Gasteiger partial charge in [-0.15, -0.1) is 0 Å². The van der Waals surface area contributed by atoms with Crippen molar-refractivity contribution in [2.45, 2.75) is 25.3 Å².